The first-order valence-corrected chi connectivity index (χ1v) is 13.2. The Bertz CT molecular complexity index is 748. The minimum atomic E-state index is -0.412. The standard InChI is InChI=1S/C29H46O2/c1-7-20(18(2)3)9-8-19(4)23-10-11-24-22-17-27(31)26-16-21(30)12-14-29(26,6)25(22)13-15-28(23,24)5/h8-9,16,18-20,22-25,27,31H,7,10-15,17H2,1-6H3/b9-8+/t19-,20-,22+,23-,24+,25+,27-,28-,29-/m1/s1. The second kappa shape index (κ2) is 8.47. The molecule has 2 heteroatoms. The molecule has 3 saturated carbocycles. The van der Waals surface area contributed by atoms with E-state index in [0.717, 1.165) is 30.3 Å². The van der Waals surface area contributed by atoms with Gasteiger partial charge in [-0.2, -0.15) is 0 Å². The Morgan fingerprint density at radius 3 is 2.52 bits per heavy atom. The topological polar surface area (TPSA) is 37.3 Å². The van der Waals surface area contributed by atoms with Crippen LogP contribution < -0.4 is 0 Å². The quantitative estimate of drug-likeness (QED) is 0.481. The predicted octanol–water partition coefficient (Wildman–Crippen LogP) is 6.98. The van der Waals surface area contributed by atoms with E-state index < -0.39 is 6.10 Å². The molecule has 31 heavy (non-hydrogen) atoms. The Balaban J connectivity index is 1.55. The average Bonchev–Trinajstić information content (AvgIpc) is 3.07. The molecule has 0 saturated heterocycles. The summed E-state index contributed by atoms with van der Waals surface area (Å²) in [5.74, 6) is 5.00. The fraction of sp³-hybridized carbons (Fsp3) is 0.828. The van der Waals surface area contributed by atoms with Crippen LogP contribution >= 0.6 is 0 Å². The number of ketones is 1. The first-order chi connectivity index (χ1) is 14.6. The predicted molar refractivity (Wildman–Crippen MR) is 129 cm³/mol. The van der Waals surface area contributed by atoms with Crippen LogP contribution in [0.4, 0.5) is 0 Å². The summed E-state index contributed by atoms with van der Waals surface area (Å²) in [6.07, 6.45) is 15.4. The van der Waals surface area contributed by atoms with Crippen molar-refractivity contribution in [1.82, 2.24) is 0 Å². The van der Waals surface area contributed by atoms with Gasteiger partial charge in [0.2, 0.25) is 0 Å². The van der Waals surface area contributed by atoms with E-state index in [1.165, 1.54) is 32.1 Å². The van der Waals surface area contributed by atoms with Crippen molar-refractivity contribution in [2.45, 2.75) is 99.0 Å². The monoisotopic (exact) mass is 426 g/mol. The van der Waals surface area contributed by atoms with E-state index in [1.807, 2.05) is 6.08 Å². The maximum Gasteiger partial charge on any atom is 0.155 e. The summed E-state index contributed by atoms with van der Waals surface area (Å²) in [4.78, 5) is 12.1. The third kappa shape index (κ3) is 3.79. The van der Waals surface area contributed by atoms with Crippen LogP contribution in [0.2, 0.25) is 0 Å². The molecule has 0 unspecified atom stereocenters. The third-order valence-electron chi connectivity index (χ3n) is 10.7. The number of fused-ring (bicyclic) bond motifs is 5. The molecule has 0 aliphatic heterocycles. The second-order valence-corrected chi connectivity index (χ2v) is 12.4. The molecule has 174 valence electrons. The van der Waals surface area contributed by atoms with Gasteiger partial charge in [-0.1, -0.05) is 53.7 Å². The van der Waals surface area contributed by atoms with Gasteiger partial charge in [0.05, 0.1) is 6.10 Å². The van der Waals surface area contributed by atoms with E-state index in [9.17, 15) is 9.90 Å². The summed E-state index contributed by atoms with van der Waals surface area (Å²) < 4.78 is 0. The molecule has 0 aromatic carbocycles. The second-order valence-electron chi connectivity index (χ2n) is 12.4. The summed E-state index contributed by atoms with van der Waals surface area (Å²) in [5.41, 5.74) is 1.50. The lowest BCUT2D eigenvalue weighted by Gasteiger charge is -2.59. The van der Waals surface area contributed by atoms with Crippen molar-refractivity contribution >= 4 is 5.78 Å². The highest BCUT2D eigenvalue weighted by atomic mass is 16.3. The lowest BCUT2D eigenvalue weighted by atomic mass is 9.46. The molecule has 0 bridgehead atoms. The Labute approximate surface area is 191 Å². The van der Waals surface area contributed by atoms with Crippen LogP contribution in [0.5, 0.6) is 0 Å². The lowest BCUT2D eigenvalue weighted by molar-refractivity contribution is -0.119. The number of hydrogen-bond donors (Lipinski definition) is 1. The van der Waals surface area contributed by atoms with E-state index >= 15 is 0 Å². The summed E-state index contributed by atoms with van der Waals surface area (Å²) in [5, 5.41) is 11.1. The van der Waals surface area contributed by atoms with E-state index in [-0.39, 0.29) is 11.2 Å². The van der Waals surface area contributed by atoms with Crippen molar-refractivity contribution in [3.63, 3.8) is 0 Å². The molecule has 4 aliphatic rings. The van der Waals surface area contributed by atoms with Crippen LogP contribution in [0, 0.1) is 52.3 Å². The van der Waals surface area contributed by atoms with Crippen molar-refractivity contribution in [2.24, 2.45) is 52.3 Å². The zero-order valence-electron chi connectivity index (χ0n) is 20.9. The van der Waals surface area contributed by atoms with Crippen molar-refractivity contribution in [3.05, 3.63) is 23.8 Å². The number of allylic oxidation sites excluding steroid dienone is 2. The highest BCUT2D eigenvalue weighted by molar-refractivity contribution is 5.91. The smallest absolute Gasteiger partial charge is 0.155 e. The number of carbonyl (C=O) groups excluding carboxylic acids is 1. The van der Waals surface area contributed by atoms with Crippen LogP contribution in [0.1, 0.15) is 92.9 Å². The van der Waals surface area contributed by atoms with Gasteiger partial charge in [0.15, 0.2) is 5.78 Å². The zero-order chi connectivity index (χ0) is 22.6. The summed E-state index contributed by atoms with van der Waals surface area (Å²) in [7, 11) is 0. The Kier molecular flexibility index (Phi) is 6.36. The molecular formula is C29H46O2. The number of rotatable bonds is 5. The van der Waals surface area contributed by atoms with Gasteiger partial charge in [-0.15, -0.1) is 0 Å². The van der Waals surface area contributed by atoms with Crippen LogP contribution in [0.15, 0.2) is 23.8 Å². The number of aliphatic hydroxyl groups excluding tert-OH is 1. The molecule has 0 spiro atoms. The molecule has 4 rings (SSSR count). The van der Waals surface area contributed by atoms with E-state index in [4.69, 9.17) is 0 Å². The molecule has 2 nitrogen and oxygen atoms in total. The van der Waals surface area contributed by atoms with Gasteiger partial charge in [-0.3, -0.25) is 4.79 Å². The maximum absolute atomic E-state index is 12.1. The average molecular weight is 427 g/mol. The Morgan fingerprint density at radius 2 is 1.84 bits per heavy atom. The molecular weight excluding hydrogens is 380 g/mol. The molecule has 0 amide bonds. The fourth-order valence-electron chi connectivity index (χ4n) is 8.79. The minimum absolute atomic E-state index is 0.0345. The van der Waals surface area contributed by atoms with Gasteiger partial charge in [0, 0.05) is 6.42 Å². The Morgan fingerprint density at radius 1 is 1.10 bits per heavy atom. The zero-order valence-corrected chi connectivity index (χ0v) is 20.9. The summed E-state index contributed by atoms with van der Waals surface area (Å²) in [6, 6.07) is 0. The number of hydrogen-bond acceptors (Lipinski definition) is 2. The van der Waals surface area contributed by atoms with Crippen molar-refractivity contribution in [2.75, 3.05) is 0 Å². The van der Waals surface area contributed by atoms with Gasteiger partial charge >= 0.3 is 0 Å². The highest BCUT2D eigenvalue weighted by Gasteiger charge is 2.60. The number of aliphatic hydroxyl groups is 1. The van der Waals surface area contributed by atoms with Gasteiger partial charge in [-0.05, 0) is 109 Å². The normalized spacial score (nSPS) is 44.6. The van der Waals surface area contributed by atoms with Crippen LogP contribution in [-0.2, 0) is 4.79 Å². The lowest BCUT2D eigenvalue weighted by Crippen LogP contribution is -2.54. The molecule has 9 atom stereocenters. The van der Waals surface area contributed by atoms with Crippen molar-refractivity contribution < 1.29 is 9.90 Å². The first kappa shape index (κ1) is 23.3. The third-order valence-corrected chi connectivity index (χ3v) is 10.7. The molecule has 0 aromatic heterocycles. The SMILES string of the molecule is CC[C@H](/C=C/[C@@H](C)[C@H]1CC[C@H]2[C@@H]3C[C@@H](O)C4=CC(=O)CC[C@]4(C)[C@H]3CC[C@]12C)C(C)C. The summed E-state index contributed by atoms with van der Waals surface area (Å²) in [6.45, 7) is 14.4. The molecule has 0 aromatic rings. The Hall–Kier alpha value is -0.890. The van der Waals surface area contributed by atoms with E-state index in [0.29, 0.717) is 41.4 Å². The minimum Gasteiger partial charge on any atom is -0.389 e. The van der Waals surface area contributed by atoms with Gasteiger partial charge < -0.3 is 5.11 Å². The molecule has 1 N–H and O–H groups in total. The summed E-state index contributed by atoms with van der Waals surface area (Å²) >= 11 is 0. The van der Waals surface area contributed by atoms with Crippen LogP contribution in [-0.4, -0.2) is 17.0 Å². The molecule has 3 fully saturated rings. The van der Waals surface area contributed by atoms with Gasteiger partial charge in [-0.25, -0.2) is 0 Å². The number of carbonyl (C=O) groups is 1. The fourth-order valence-corrected chi connectivity index (χ4v) is 8.79. The van der Waals surface area contributed by atoms with Crippen molar-refractivity contribution in [1.29, 1.82) is 0 Å². The highest BCUT2D eigenvalue weighted by Crippen LogP contribution is 2.67. The van der Waals surface area contributed by atoms with E-state index in [2.05, 4.69) is 53.7 Å². The van der Waals surface area contributed by atoms with Crippen molar-refractivity contribution in [3.8, 4) is 0 Å². The maximum atomic E-state index is 12.1. The molecule has 4 aliphatic carbocycles. The largest absolute Gasteiger partial charge is 0.389 e. The van der Waals surface area contributed by atoms with Crippen LogP contribution in [0.25, 0.3) is 0 Å². The first-order valence-electron chi connectivity index (χ1n) is 13.2. The van der Waals surface area contributed by atoms with Crippen LogP contribution in [0.3, 0.4) is 0 Å². The van der Waals surface area contributed by atoms with Gasteiger partial charge in [0.25, 0.3) is 0 Å². The molecule has 0 heterocycles. The van der Waals surface area contributed by atoms with Gasteiger partial charge in [0.1, 0.15) is 0 Å². The molecule has 0 radical (unpaired) electrons. The van der Waals surface area contributed by atoms with E-state index in [1.54, 1.807) is 0 Å².